The minimum Gasteiger partial charge on any atom is -0.494 e. The van der Waals surface area contributed by atoms with Crippen LogP contribution in [-0.4, -0.2) is 71.9 Å². The topological polar surface area (TPSA) is 95.1 Å². The van der Waals surface area contributed by atoms with Crippen LogP contribution in [0.2, 0.25) is 0 Å². The molecule has 0 aliphatic heterocycles. The third-order valence-electron chi connectivity index (χ3n) is 4.53. The number of carbonyl (C=O) groups is 2. The van der Waals surface area contributed by atoms with Crippen LogP contribution in [0.3, 0.4) is 0 Å². The molecule has 31 heavy (non-hydrogen) atoms. The van der Waals surface area contributed by atoms with Crippen molar-refractivity contribution >= 4 is 23.2 Å². The van der Waals surface area contributed by atoms with E-state index in [1.165, 1.54) is 28.4 Å². The molecule has 0 heterocycles. The average Bonchev–Trinajstić information content (AvgIpc) is 2.72. The second kappa shape index (κ2) is 10.5. The molecule has 0 saturated carbocycles. The molecular formula is C22H30N3O6+. The van der Waals surface area contributed by atoms with Crippen LogP contribution in [0, 0.1) is 0 Å². The first-order valence-corrected chi connectivity index (χ1v) is 9.58. The molecule has 2 aromatic carbocycles. The normalized spacial score (nSPS) is 10.8. The standard InChI is InChI=1S/C22H29N3O6/c1-25(2,13-19(26)23-21-15(28-3)9-7-10-16(21)29-4)14-20(27)24-22-17(30-5)11-8-12-18(22)31-6/h7-12H,13-14H2,1-6H3,(H-,23,24,26,27)/p+1. The van der Waals surface area contributed by atoms with Crippen molar-refractivity contribution in [2.24, 2.45) is 0 Å². The van der Waals surface area contributed by atoms with E-state index in [0.29, 0.717) is 34.4 Å². The number of methoxy groups -OCH3 is 4. The molecule has 0 aliphatic rings. The summed E-state index contributed by atoms with van der Waals surface area (Å²) in [7, 11) is 9.64. The summed E-state index contributed by atoms with van der Waals surface area (Å²) in [6.07, 6.45) is 0. The molecule has 2 N–H and O–H groups in total. The number of likely N-dealkylation sites (N-methyl/N-ethyl adjacent to an activating group) is 1. The predicted molar refractivity (Wildman–Crippen MR) is 118 cm³/mol. The van der Waals surface area contributed by atoms with E-state index in [-0.39, 0.29) is 29.4 Å². The Morgan fingerprint density at radius 2 is 0.968 bits per heavy atom. The van der Waals surface area contributed by atoms with Crippen LogP contribution in [0.4, 0.5) is 11.4 Å². The van der Waals surface area contributed by atoms with Gasteiger partial charge in [0, 0.05) is 0 Å². The highest BCUT2D eigenvalue weighted by Crippen LogP contribution is 2.35. The number of hydrogen-bond acceptors (Lipinski definition) is 6. The molecule has 0 atom stereocenters. The van der Waals surface area contributed by atoms with Crippen LogP contribution >= 0.6 is 0 Å². The molecule has 0 radical (unpaired) electrons. The van der Waals surface area contributed by atoms with Gasteiger partial charge in [0.2, 0.25) is 0 Å². The van der Waals surface area contributed by atoms with Crippen molar-refractivity contribution in [1.29, 1.82) is 0 Å². The second-order valence-electron chi connectivity index (χ2n) is 7.42. The van der Waals surface area contributed by atoms with E-state index >= 15 is 0 Å². The third kappa shape index (κ3) is 6.26. The van der Waals surface area contributed by atoms with E-state index in [0.717, 1.165) is 0 Å². The monoisotopic (exact) mass is 432 g/mol. The first-order valence-electron chi connectivity index (χ1n) is 9.58. The molecule has 0 aliphatic carbocycles. The zero-order valence-corrected chi connectivity index (χ0v) is 18.8. The third-order valence-corrected chi connectivity index (χ3v) is 4.53. The van der Waals surface area contributed by atoms with Gasteiger partial charge in [0.05, 0.1) is 42.5 Å². The minimum atomic E-state index is -0.282. The lowest BCUT2D eigenvalue weighted by Crippen LogP contribution is -2.49. The summed E-state index contributed by atoms with van der Waals surface area (Å²) < 4.78 is 21.3. The van der Waals surface area contributed by atoms with Gasteiger partial charge >= 0.3 is 0 Å². The molecule has 2 rings (SSSR count). The van der Waals surface area contributed by atoms with E-state index in [9.17, 15) is 9.59 Å². The highest BCUT2D eigenvalue weighted by Gasteiger charge is 2.26. The first kappa shape index (κ1) is 23.8. The Balaban J connectivity index is 2.07. The van der Waals surface area contributed by atoms with Gasteiger partial charge in [0.25, 0.3) is 11.8 Å². The number of hydrogen-bond donors (Lipinski definition) is 2. The van der Waals surface area contributed by atoms with E-state index in [1.807, 2.05) is 0 Å². The zero-order chi connectivity index (χ0) is 23.0. The SMILES string of the molecule is COc1cccc(OC)c1NC(=O)C[N+](C)(C)CC(=O)Nc1c(OC)cccc1OC. The number of anilines is 2. The summed E-state index contributed by atoms with van der Waals surface area (Å²) in [4.78, 5) is 25.4. The molecule has 9 nitrogen and oxygen atoms in total. The van der Waals surface area contributed by atoms with Crippen molar-refractivity contribution in [2.45, 2.75) is 0 Å². The molecule has 2 amide bonds. The van der Waals surface area contributed by atoms with Crippen LogP contribution in [-0.2, 0) is 9.59 Å². The van der Waals surface area contributed by atoms with Crippen molar-refractivity contribution in [1.82, 2.24) is 0 Å². The van der Waals surface area contributed by atoms with Crippen LogP contribution in [0.5, 0.6) is 23.0 Å². The fourth-order valence-electron chi connectivity index (χ4n) is 3.14. The highest BCUT2D eigenvalue weighted by molar-refractivity contribution is 5.96. The minimum absolute atomic E-state index is 0.0533. The van der Waals surface area contributed by atoms with Crippen LogP contribution in [0.25, 0.3) is 0 Å². The van der Waals surface area contributed by atoms with Crippen molar-refractivity contribution < 1.29 is 33.0 Å². The second-order valence-corrected chi connectivity index (χ2v) is 7.42. The van der Waals surface area contributed by atoms with Gasteiger partial charge in [0.1, 0.15) is 34.4 Å². The summed E-state index contributed by atoms with van der Waals surface area (Å²) in [5, 5.41) is 5.64. The summed E-state index contributed by atoms with van der Waals surface area (Å²) in [6.45, 7) is 0.107. The molecule has 0 unspecified atom stereocenters. The maximum Gasteiger partial charge on any atom is 0.279 e. The van der Waals surface area contributed by atoms with Crippen molar-refractivity contribution in [3.05, 3.63) is 36.4 Å². The first-order chi connectivity index (χ1) is 14.7. The number of amides is 2. The van der Waals surface area contributed by atoms with Crippen LogP contribution < -0.4 is 29.6 Å². The van der Waals surface area contributed by atoms with E-state index in [1.54, 1.807) is 50.5 Å². The maximum absolute atomic E-state index is 12.7. The Bertz CT molecular complexity index is 811. The molecule has 9 heteroatoms. The molecule has 0 aromatic heterocycles. The van der Waals surface area contributed by atoms with Gasteiger partial charge in [-0.2, -0.15) is 0 Å². The molecule has 0 fully saturated rings. The predicted octanol–water partition coefficient (Wildman–Crippen LogP) is 2.37. The van der Waals surface area contributed by atoms with Gasteiger partial charge in [-0.05, 0) is 24.3 Å². The molecule has 2 aromatic rings. The smallest absolute Gasteiger partial charge is 0.279 e. The van der Waals surface area contributed by atoms with E-state index in [4.69, 9.17) is 18.9 Å². The Kier molecular flexibility index (Phi) is 8.09. The Morgan fingerprint density at radius 3 is 1.23 bits per heavy atom. The Hall–Kier alpha value is -3.46. The fraction of sp³-hybridized carbons (Fsp3) is 0.364. The highest BCUT2D eigenvalue weighted by atomic mass is 16.5. The number of para-hydroxylation sites is 2. The fourth-order valence-corrected chi connectivity index (χ4v) is 3.14. The summed E-state index contributed by atoms with van der Waals surface area (Å²) in [6, 6.07) is 10.4. The van der Waals surface area contributed by atoms with Crippen LogP contribution in [0.15, 0.2) is 36.4 Å². The van der Waals surface area contributed by atoms with Gasteiger partial charge < -0.3 is 34.1 Å². The zero-order valence-electron chi connectivity index (χ0n) is 18.8. The number of nitrogens with zero attached hydrogens (tertiary/aromatic N) is 1. The lowest BCUT2D eigenvalue weighted by atomic mass is 10.2. The van der Waals surface area contributed by atoms with Crippen molar-refractivity contribution in [3.8, 4) is 23.0 Å². The van der Waals surface area contributed by atoms with Gasteiger partial charge in [-0.15, -0.1) is 0 Å². The van der Waals surface area contributed by atoms with Crippen LogP contribution in [0.1, 0.15) is 0 Å². The van der Waals surface area contributed by atoms with E-state index in [2.05, 4.69) is 10.6 Å². The number of benzene rings is 2. The van der Waals surface area contributed by atoms with Crippen molar-refractivity contribution in [2.75, 3.05) is 66.3 Å². The molecule has 0 bridgehead atoms. The number of carbonyl (C=O) groups excluding carboxylic acids is 2. The number of ether oxygens (including phenoxy) is 4. The Labute approximate surface area is 182 Å². The van der Waals surface area contributed by atoms with Gasteiger partial charge in [-0.25, -0.2) is 0 Å². The van der Waals surface area contributed by atoms with Crippen molar-refractivity contribution in [3.63, 3.8) is 0 Å². The number of nitrogens with one attached hydrogen (secondary N) is 2. The molecule has 168 valence electrons. The number of quaternary nitrogens is 1. The quantitative estimate of drug-likeness (QED) is 0.560. The van der Waals surface area contributed by atoms with Gasteiger partial charge in [-0.3, -0.25) is 9.59 Å². The van der Waals surface area contributed by atoms with Gasteiger partial charge in [-0.1, -0.05) is 12.1 Å². The Morgan fingerprint density at radius 1 is 0.677 bits per heavy atom. The molecule has 0 saturated heterocycles. The molecule has 0 spiro atoms. The van der Waals surface area contributed by atoms with E-state index < -0.39 is 0 Å². The summed E-state index contributed by atoms with van der Waals surface area (Å²) in [5.74, 6) is 1.38. The lowest BCUT2D eigenvalue weighted by molar-refractivity contribution is -0.874. The summed E-state index contributed by atoms with van der Waals surface area (Å²) in [5.41, 5.74) is 0.890. The number of rotatable bonds is 10. The largest absolute Gasteiger partial charge is 0.494 e. The molecular weight excluding hydrogens is 402 g/mol. The average molecular weight is 432 g/mol. The maximum atomic E-state index is 12.7. The summed E-state index contributed by atoms with van der Waals surface area (Å²) >= 11 is 0. The lowest BCUT2D eigenvalue weighted by Gasteiger charge is -2.28. The van der Waals surface area contributed by atoms with Gasteiger partial charge in [0.15, 0.2) is 13.1 Å².